The third kappa shape index (κ3) is 5.76. The minimum atomic E-state index is -0.582. The normalized spacial score (nSPS) is 14.9. The molecule has 1 unspecified atom stereocenters. The summed E-state index contributed by atoms with van der Waals surface area (Å²) < 4.78 is 11.6. The molecule has 0 saturated heterocycles. The number of nitrogens with zero attached hydrogens (tertiary/aromatic N) is 1. The highest BCUT2D eigenvalue weighted by molar-refractivity contribution is 6.01. The molecule has 1 aliphatic heterocycles. The number of hydrogen-bond donors (Lipinski definition) is 1. The maximum absolute atomic E-state index is 12.8. The van der Waals surface area contributed by atoms with Gasteiger partial charge in [0, 0.05) is 12.1 Å². The van der Waals surface area contributed by atoms with E-state index < -0.39 is 6.10 Å². The van der Waals surface area contributed by atoms with Gasteiger partial charge in [0.25, 0.3) is 5.91 Å². The number of nitrogens with one attached hydrogen (secondary N) is 1. The van der Waals surface area contributed by atoms with Crippen LogP contribution >= 0.6 is 0 Å². The van der Waals surface area contributed by atoms with Crippen molar-refractivity contribution in [1.82, 2.24) is 0 Å². The third-order valence-corrected chi connectivity index (χ3v) is 5.82. The summed E-state index contributed by atoms with van der Waals surface area (Å²) in [6, 6.07) is 21.4. The monoisotopic (exact) mass is 458 g/mol. The molecule has 0 aliphatic carbocycles. The Morgan fingerprint density at radius 1 is 1.00 bits per heavy atom. The summed E-state index contributed by atoms with van der Waals surface area (Å²) in [6.07, 6.45) is 0.459. The lowest BCUT2D eigenvalue weighted by Gasteiger charge is -2.33. The molecular weight excluding hydrogens is 428 g/mol. The van der Waals surface area contributed by atoms with Crippen molar-refractivity contribution in [2.75, 3.05) is 23.4 Å². The summed E-state index contributed by atoms with van der Waals surface area (Å²) in [6.45, 7) is 6.51. The first-order chi connectivity index (χ1) is 16.4. The zero-order valence-corrected chi connectivity index (χ0v) is 19.8. The van der Waals surface area contributed by atoms with E-state index in [2.05, 4.69) is 5.32 Å². The average molecular weight is 459 g/mol. The lowest BCUT2D eigenvalue weighted by atomic mass is 10.1. The van der Waals surface area contributed by atoms with Gasteiger partial charge in [0.2, 0.25) is 5.91 Å². The number of rotatable bonds is 8. The molecule has 1 heterocycles. The number of benzene rings is 3. The van der Waals surface area contributed by atoms with Crippen LogP contribution in [0.25, 0.3) is 0 Å². The van der Waals surface area contributed by atoms with E-state index >= 15 is 0 Å². The quantitative estimate of drug-likeness (QED) is 0.512. The van der Waals surface area contributed by atoms with Crippen LogP contribution in [0.4, 0.5) is 11.4 Å². The van der Waals surface area contributed by atoms with Crippen LogP contribution in [0.1, 0.15) is 30.0 Å². The first kappa shape index (κ1) is 23.4. The second kappa shape index (κ2) is 10.4. The minimum Gasteiger partial charge on any atom is -0.492 e. The molecule has 0 spiro atoms. The number of fused-ring (bicyclic) bond motifs is 1. The van der Waals surface area contributed by atoms with E-state index in [0.29, 0.717) is 43.1 Å². The van der Waals surface area contributed by atoms with E-state index in [1.807, 2.05) is 62.4 Å². The van der Waals surface area contributed by atoms with Crippen molar-refractivity contribution in [3.63, 3.8) is 0 Å². The fourth-order valence-corrected chi connectivity index (χ4v) is 3.84. The van der Waals surface area contributed by atoms with Gasteiger partial charge in [-0.15, -0.1) is 0 Å². The first-order valence-corrected chi connectivity index (χ1v) is 11.6. The molecule has 3 aromatic rings. The molecule has 1 atom stereocenters. The molecule has 6 heteroatoms. The zero-order valence-electron chi connectivity index (χ0n) is 19.8. The SMILES string of the molecule is Cc1ccc(CCC(=O)Nc2ccc3c(c2)N(CCOc2ccc(C)cc2)C(=O)C(C)O3)cc1. The van der Waals surface area contributed by atoms with Crippen LogP contribution in [-0.2, 0) is 16.0 Å². The Hall–Kier alpha value is -3.80. The Bertz CT molecular complexity index is 1160. The van der Waals surface area contributed by atoms with Crippen molar-refractivity contribution in [3.05, 3.63) is 83.4 Å². The number of aryl methyl sites for hydroxylation is 3. The van der Waals surface area contributed by atoms with E-state index in [4.69, 9.17) is 9.47 Å². The molecule has 6 nitrogen and oxygen atoms in total. The Morgan fingerprint density at radius 3 is 2.38 bits per heavy atom. The van der Waals surface area contributed by atoms with Crippen LogP contribution < -0.4 is 19.7 Å². The summed E-state index contributed by atoms with van der Waals surface area (Å²) in [4.78, 5) is 27.0. The van der Waals surface area contributed by atoms with Crippen LogP contribution in [-0.4, -0.2) is 31.1 Å². The highest BCUT2D eigenvalue weighted by Crippen LogP contribution is 2.36. The molecule has 1 N–H and O–H groups in total. The standard InChI is InChI=1S/C28H30N2O4/c1-19-4-8-22(9-5-19)10-15-27(31)29-23-11-14-26-25(18-23)30(28(32)21(3)34-26)16-17-33-24-12-6-20(2)7-13-24/h4-9,11-14,18,21H,10,15-17H2,1-3H3,(H,29,31). The molecule has 4 rings (SSSR count). The van der Waals surface area contributed by atoms with Crippen LogP contribution in [0.15, 0.2) is 66.7 Å². The number of carbonyl (C=O) groups excluding carboxylic acids is 2. The van der Waals surface area contributed by atoms with E-state index in [9.17, 15) is 9.59 Å². The lowest BCUT2D eigenvalue weighted by molar-refractivity contribution is -0.125. The van der Waals surface area contributed by atoms with Crippen molar-refractivity contribution < 1.29 is 19.1 Å². The lowest BCUT2D eigenvalue weighted by Crippen LogP contribution is -2.46. The highest BCUT2D eigenvalue weighted by atomic mass is 16.5. The van der Waals surface area contributed by atoms with Gasteiger partial charge in [-0.05, 0) is 63.1 Å². The van der Waals surface area contributed by atoms with Crippen molar-refractivity contribution in [1.29, 1.82) is 0 Å². The predicted octanol–water partition coefficient (Wildman–Crippen LogP) is 5.07. The Kier molecular flexibility index (Phi) is 7.16. The smallest absolute Gasteiger partial charge is 0.267 e. The molecule has 3 aromatic carbocycles. The number of hydrogen-bond acceptors (Lipinski definition) is 4. The van der Waals surface area contributed by atoms with Gasteiger partial charge in [-0.2, -0.15) is 0 Å². The summed E-state index contributed by atoms with van der Waals surface area (Å²) >= 11 is 0. The van der Waals surface area contributed by atoms with E-state index in [0.717, 1.165) is 16.9 Å². The number of ether oxygens (including phenoxy) is 2. The first-order valence-electron chi connectivity index (χ1n) is 11.6. The summed E-state index contributed by atoms with van der Waals surface area (Å²) in [5.41, 5.74) is 4.74. The van der Waals surface area contributed by atoms with Crippen molar-refractivity contribution in [3.8, 4) is 11.5 Å². The molecule has 0 fully saturated rings. The third-order valence-electron chi connectivity index (χ3n) is 5.82. The molecule has 176 valence electrons. The number of carbonyl (C=O) groups is 2. The molecule has 0 radical (unpaired) electrons. The van der Waals surface area contributed by atoms with Crippen molar-refractivity contribution in [2.24, 2.45) is 0 Å². The number of amides is 2. The Morgan fingerprint density at radius 2 is 1.68 bits per heavy atom. The predicted molar refractivity (Wildman–Crippen MR) is 134 cm³/mol. The minimum absolute atomic E-state index is 0.0776. The number of anilines is 2. The summed E-state index contributed by atoms with van der Waals surface area (Å²) in [7, 11) is 0. The average Bonchev–Trinajstić information content (AvgIpc) is 2.83. The Balaban J connectivity index is 1.40. The van der Waals surface area contributed by atoms with Gasteiger partial charge in [0.15, 0.2) is 6.10 Å². The summed E-state index contributed by atoms with van der Waals surface area (Å²) in [5.74, 6) is 1.16. The molecule has 34 heavy (non-hydrogen) atoms. The molecule has 0 saturated carbocycles. The zero-order chi connectivity index (χ0) is 24.1. The van der Waals surface area contributed by atoms with E-state index in [-0.39, 0.29) is 11.8 Å². The van der Waals surface area contributed by atoms with Gasteiger partial charge in [-0.3, -0.25) is 9.59 Å². The maximum atomic E-state index is 12.8. The molecule has 1 aliphatic rings. The van der Waals surface area contributed by atoms with Crippen LogP contribution in [0.5, 0.6) is 11.5 Å². The topological polar surface area (TPSA) is 67.9 Å². The largest absolute Gasteiger partial charge is 0.492 e. The van der Waals surface area contributed by atoms with E-state index in [1.165, 1.54) is 5.56 Å². The van der Waals surface area contributed by atoms with Gasteiger partial charge >= 0.3 is 0 Å². The van der Waals surface area contributed by atoms with Crippen LogP contribution in [0.2, 0.25) is 0 Å². The van der Waals surface area contributed by atoms with Crippen molar-refractivity contribution in [2.45, 2.75) is 39.7 Å². The Labute approximate surface area is 200 Å². The van der Waals surface area contributed by atoms with E-state index in [1.54, 1.807) is 30.0 Å². The second-order valence-electron chi connectivity index (χ2n) is 8.63. The van der Waals surface area contributed by atoms with Crippen LogP contribution in [0, 0.1) is 13.8 Å². The van der Waals surface area contributed by atoms with Gasteiger partial charge in [-0.25, -0.2) is 0 Å². The summed E-state index contributed by atoms with van der Waals surface area (Å²) in [5, 5.41) is 2.94. The maximum Gasteiger partial charge on any atom is 0.267 e. The molecule has 0 aromatic heterocycles. The van der Waals surface area contributed by atoms with Gasteiger partial charge in [0.1, 0.15) is 18.1 Å². The van der Waals surface area contributed by atoms with Crippen molar-refractivity contribution >= 4 is 23.2 Å². The highest BCUT2D eigenvalue weighted by Gasteiger charge is 2.31. The van der Waals surface area contributed by atoms with Crippen LogP contribution in [0.3, 0.4) is 0 Å². The molecule has 2 amide bonds. The second-order valence-corrected chi connectivity index (χ2v) is 8.63. The van der Waals surface area contributed by atoms with Gasteiger partial charge in [-0.1, -0.05) is 47.5 Å². The molecule has 0 bridgehead atoms. The fraction of sp³-hybridized carbons (Fsp3) is 0.286. The van der Waals surface area contributed by atoms with Gasteiger partial charge < -0.3 is 19.7 Å². The molecular formula is C28H30N2O4. The van der Waals surface area contributed by atoms with Gasteiger partial charge in [0.05, 0.1) is 12.2 Å². The fourth-order valence-electron chi connectivity index (χ4n) is 3.84.